The number of hydrogen-bond acceptors (Lipinski definition) is 4. The lowest BCUT2D eigenvalue weighted by atomic mass is 10.2. The minimum Gasteiger partial charge on any atom is -0.459 e. The Balaban J connectivity index is 1.78. The molecule has 1 aromatic rings. The van der Waals surface area contributed by atoms with Gasteiger partial charge in [0, 0.05) is 0 Å². The number of amides is 1. The first-order valence-electron chi connectivity index (χ1n) is 7.29. The van der Waals surface area contributed by atoms with E-state index in [0.29, 0.717) is 13.0 Å². The van der Waals surface area contributed by atoms with Gasteiger partial charge in [-0.3, -0.25) is 4.79 Å². The Morgan fingerprint density at radius 3 is 2.90 bits per heavy atom. The van der Waals surface area contributed by atoms with Gasteiger partial charge in [0.05, 0.1) is 6.04 Å². The Labute approximate surface area is 120 Å². The second-order valence-electron chi connectivity index (χ2n) is 4.89. The van der Waals surface area contributed by atoms with Gasteiger partial charge in [-0.15, -0.1) is 0 Å². The summed E-state index contributed by atoms with van der Waals surface area (Å²) < 4.78 is 12.8. The zero-order valence-corrected chi connectivity index (χ0v) is 11.5. The molecule has 1 amide bonds. The number of ether oxygens (including phenoxy) is 1. The highest BCUT2D eigenvalue weighted by Gasteiger charge is 2.25. The van der Waals surface area contributed by atoms with Crippen LogP contribution in [-0.2, 0) is 20.9 Å². The number of nitrogens with one attached hydrogen (secondary N) is 2. The monoisotopic (exact) mass is 277 g/mol. The zero-order chi connectivity index (χ0) is 15.2. The van der Waals surface area contributed by atoms with Gasteiger partial charge in [-0.25, -0.2) is 4.79 Å². The van der Waals surface area contributed by atoms with Gasteiger partial charge < -0.3 is 15.4 Å². The largest absolute Gasteiger partial charge is 0.459 e. The molecular formula is C15H20N2O3. The van der Waals surface area contributed by atoms with E-state index in [1.165, 1.54) is 5.31 Å². The lowest BCUT2D eigenvalue weighted by molar-refractivity contribution is -0.148. The number of esters is 1. The van der Waals surface area contributed by atoms with Crippen LogP contribution in [0.5, 0.6) is 0 Å². The first kappa shape index (κ1) is 13.1. The van der Waals surface area contributed by atoms with E-state index in [1.54, 1.807) is 6.92 Å². The summed E-state index contributed by atoms with van der Waals surface area (Å²) in [5, 5.41) is 3.87. The van der Waals surface area contributed by atoms with E-state index in [2.05, 4.69) is 5.32 Å². The van der Waals surface area contributed by atoms with Crippen molar-refractivity contribution in [3.63, 3.8) is 0 Å². The smallest absolute Gasteiger partial charge is 0.328 e. The third kappa shape index (κ3) is 4.06. The predicted molar refractivity (Wildman–Crippen MR) is 74.9 cm³/mol. The topological polar surface area (TPSA) is 67.4 Å². The van der Waals surface area contributed by atoms with Crippen molar-refractivity contribution >= 4 is 11.9 Å². The summed E-state index contributed by atoms with van der Waals surface area (Å²) in [4.78, 5) is 23.8. The number of benzene rings is 1. The molecule has 2 rings (SSSR count). The molecule has 108 valence electrons. The SMILES string of the molecule is [2H]N1CCC[C@H]1C(=O)N[C@@H](C)C(=O)OCc1ccccc1. The number of hydrogen-bond donors (Lipinski definition) is 2. The predicted octanol–water partition coefficient (Wildman–Crippen LogP) is 0.986. The van der Waals surface area contributed by atoms with Crippen LogP contribution in [0.15, 0.2) is 30.3 Å². The quantitative estimate of drug-likeness (QED) is 0.788. The summed E-state index contributed by atoms with van der Waals surface area (Å²) >= 11 is 0. The summed E-state index contributed by atoms with van der Waals surface area (Å²) in [5.41, 5.74) is 0.900. The number of carbonyl (C=O) groups excluding carboxylic acids is 2. The first-order chi connectivity index (χ1) is 10.1. The van der Waals surface area contributed by atoms with Crippen molar-refractivity contribution in [3.8, 4) is 0 Å². The fraction of sp³-hybridized carbons (Fsp3) is 0.467. The molecular weight excluding hydrogens is 256 g/mol. The van der Waals surface area contributed by atoms with Crippen LogP contribution in [0.1, 0.15) is 25.3 Å². The first-order valence-corrected chi connectivity index (χ1v) is 6.84. The molecule has 0 unspecified atom stereocenters. The maximum atomic E-state index is 12.0. The van der Waals surface area contributed by atoms with Gasteiger partial charge in [-0.2, -0.15) is 0 Å². The van der Waals surface area contributed by atoms with Gasteiger partial charge in [-0.1, -0.05) is 30.3 Å². The number of rotatable bonds is 5. The van der Waals surface area contributed by atoms with Gasteiger partial charge in [-0.05, 0) is 31.9 Å². The Bertz CT molecular complexity index is 495. The summed E-state index contributed by atoms with van der Waals surface area (Å²) in [5.74, 6) is -0.756. The van der Waals surface area contributed by atoms with Crippen molar-refractivity contribution in [3.05, 3.63) is 35.9 Å². The van der Waals surface area contributed by atoms with E-state index in [1.807, 2.05) is 30.3 Å². The molecule has 1 saturated heterocycles. The van der Waals surface area contributed by atoms with Gasteiger partial charge in [0.15, 0.2) is 0 Å². The van der Waals surface area contributed by atoms with Crippen LogP contribution in [0.4, 0.5) is 0 Å². The molecule has 0 radical (unpaired) electrons. The maximum absolute atomic E-state index is 12.0. The summed E-state index contributed by atoms with van der Waals surface area (Å²) in [6, 6.07) is 8.20. The van der Waals surface area contributed by atoms with Gasteiger partial charge >= 0.3 is 5.97 Å². The maximum Gasteiger partial charge on any atom is 0.328 e. The molecule has 20 heavy (non-hydrogen) atoms. The molecule has 0 aromatic heterocycles. The molecule has 0 aliphatic carbocycles. The van der Waals surface area contributed by atoms with Crippen LogP contribution in [0.25, 0.3) is 0 Å². The lowest BCUT2D eigenvalue weighted by Crippen LogP contribution is -2.47. The molecule has 0 saturated carbocycles. The van der Waals surface area contributed by atoms with Crippen LogP contribution in [-0.4, -0.2) is 30.5 Å². The number of carbonyl (C=O) groups is 2. The average Bonchev–Trinajstić information content (AvgIpc) is 2.92. The molecule has 1 heterocycles. The Hall–Kier alpha value is -1.88. The van der Waals surface area contributed by atoms with Crippen molar-refractivity contribution in [2.75, 3.05) is 6.54 Å². The highest BCUT2D eigenvalue weighted by atomic mass is 16.5. The molecule has 1 aromatic carbocycles. The summed E-state index contributed by atoms with van der Waals surface area (Å²) in [7, 11) is 0. The van der Waals surface area contributed by atoms with E-state index in [-0.39, 0.29) is 12.5 Å². The molecule has 1 fully saturated rings. The molecule has 5 heteroatoms. The normalized spacial score (nSPS) is 21.1. The molecule has 2 atom stereocenters. The highest BCUT2D eigenvalue weighted by Crippen LogP contribution is 2.06. The second-order valence-corrected chi connectivity index (χ2v) is 4.89. The molecule has 0 spiro atoms. The van der Waals surface area contributed by atoms with Crippen LogP contribution < -0.4 is 10.6 Å². The minimum atomic E-state index is -0.713. The Morgan fingerprint density at radius 2 is 2.25 bits per heavy atom. The fourth-order valence-electron chi connectivity index (χ4n) is 2.06. The average molecular weight is 277 g/mol. The minimum absolute atomic E-state index is 0.188. The third-order valence-corrected chi connectivity index (χ3v) is 3.22. The van der Waals surface area contributed by atoms with Crippen LogP contribution in [0.2, 0.25) is 1.41 Å². The van der Waals surface area contributed by atoms with Crippen molar-refractivity contribution in [1.82, 2.24) is 10.6 Å². The van der Waals surface area contributed by atoms with Crippen molar-refractivity contribution in [2.24, 2.45) is 0 Å². The fourth-order valence-corrected chi connectivity index (χ4v) is 2.06. The summed E-state index contributed by atoms with van der Waals surface area (Å²) in [6.45, 7) is 2.37. The second kappa shape index (κ2) is 7.05. The Kier molecular flexibility index (Phi) is 4.62. The van der Waals surface area contributed by atoms with Crippen molar-refractivity contribution < 1.29 is 15.7 Å². The van der Waals surface area contributed by atoms with Crippen LogP contribution >= 0.6 is 0 Å². The van der Waals surface area contributed by atoms with Crippen molar-refractivity contribution in [2.45, 2.75) is 38.5 Å². The van der Waals surface area contributed by atoms with Crippen LogP contribution in [0, 0.1) is 0 Å². The molecule has 0 bridgehead atoms. The van der Waals surface area contributed by atoms with Gasteiger partial charge in [0.25, 0.3) is 0 Å². The van der Waals surface area contributed by atoms with E-state index in [0.717, 1.165) is 12.0 Å². The van der Waals surface area contributed by atoms with E-state index < -0.39 is 18.1 Å². The lowest BCUT2D eigenvalue weighted by Gasteiger charge is -2.16. The summed E-state index contributed by atoms with van der Waals surface area (Å²) in [6.07, 6.45) is 1.48. The van der Waals surface area contributed by atoms with E-state index >= 15 is 0 Å². The van der Waals surface area contributed by atoms with Gasteiger partial charge in [0.1, 0.15) is 14.1 Å². The molecule has 5 nitrogen and oxygen atoms in total. The highest BCUT2D eigenvalue weighted by molar-refractivity contribution is 5.87. The molecule has 2 N–H and O–H groups in total. The van der Waals surface area contributed by atoms with Gasteiger partial charge in [0.2, 0.25) is 5.91 Å². The Morgan fingerprint density at radius 1 is 1.50 bits per heavy atom. The van der Waals surface area contributed by atoms with Crippen molar-refractivity contribution in [1.29, 1.82) is 0 Å². The molecule has 1 aliphatic heterocycles. The standard InChI is InChI=1S/C15H20N2O3/c1-11(17-14(18)13-8-5-9-16-13)15(19)20-10-12-6-3-2-4-7-12/h2-4,6-7,11,13,16H,5,8-10H2,1H3,(H,17,18)/t11-,13-/m0/s1/i/hD. The van der Waals surface area contributed by atoms with E-state index in [9.17, 15) is 9.59 Å². The van der Waals surface area contributed by atoms with E-state index in [4.69, 9.17) is 6.15 Å². The van der Waals surface area contributed by atoms with Crippen LogP contribution in [0.3, 0.4) is 0 Å². The third-order valence-electron chi connectivity index (χ3n) is 3.22. The zero-order valence-electron chi connectivity index (χ0n) is 12.5. The molecule has 1 aliphatic rings.